The molecule has 0 bridgehead atoms. The highest BCUT2D eigenvalue weighted by Gasteiger charge is 2.07. The average molecular weight is 240 g/mol. The second kappa shape index (κ2) is 7.44. The van der Waals surface area contributed by atoms with Crippen LogP contribution in [0.2, 0.25) is 0 Å². The minimum absolute atomic E-state index is 0. The zero-order chi connectivity index (χ0) is 10.3. The topological polar surface area (TPSA) is 12.5 Å². The van der Waals surface area contributed by atoms with Gasteiger partial charge in [-0.15, -0.1) is 12.4 Å². The van der Waals surface area contributed by atoms with Crippen molar-refractivity contribution in [2.24, 2.45) is 0 Å². The van der Waals surface area contributed by atoms with Gasteiger partial charge in [-0.2, -0.15) is 0 Å². The summed E-state index contributed by atoms with van der Waals surface area (Å²) in [7, 11) is 0. The number of nitrogens with zero attached hydrogens (tertiary/aromatic N) is 1. The second-order valence-electron chi connectivity index (χ2n) is 3.73. The van der Waals surface area contributed by atoms with Crippen molar-refractivity contribution in [3.05, 3.63) is 42.0 Å². The zero-order valence-electron chi connectivity index (χ0n) is 9.34. The van der Waals surface area contributed by atoms with Crippen molar-refractivity contribution in [1.29, 1.82) is 0 Å². The van der Waals surface area contributed by atoms with Gasteiger partial charge < -0.3 is 4.74 Å². The SMILES string of the molecule is C(=Cc1ccccc1)CN1CCOCC1.Cl. The van der Waals surface area contributed by atoms with E-state index >= 15 is 0 Å². The highest BCUT2D eigenvalue weighted by atomic mass is 35.5. The number of hydrogen-bond donors (Lipinski definition) is 0. The molecule has 0 radical (unpaired) electrons. The maximum Gasteiger partial charge on any atom is 0.0594 e. The summed E-state index contributed by atoms with van der Waals surface area (Å²) in [4.78, 5) is 2.41. The van der Waals surface area contributed by atoms with Crippen molar-refractivity contribution in [1.82, 2.24) is 4.90 Å². The Labute approximate surface area is 103 Å². The summed E-state index contributed by atoms with van der Waals surface area (Å²) in [6.45, 7) is 4.88. The number of benzene rings is 1. The molecule has 1 aliphatic rings. The largest absolute Gasteiger partial charge is 0.379 e. The molecule has 1 aromatic rings. The lowest BCUT2D eigenvalue weighted by molar-refractivity contribution is 0.0435. The Hall–Kier alpha value is -0.830. The van der Waals surface area contributed by atoms with E-state index in [0.29, 0.717) is 0 Å². The average Bonchev–Trinajstić information content (AvgIpc) is 2.32. The molecular weight excluding hydrogens is 222 g/mol. The lowest BCUT2D eigenvalue weighted by Gasteiger charge is -2.25. The second-order valence-corrected chi connectivity index (χ2v) is 3.73. The molecule has 2 nitrogen and oxygen atoms in total. The first-order valence-corrected chi connectivity index (χ1v) is 5.47. The Balaban J connectivity index is 0.00000128. The first-order chi connectivity index (χ1) is 7.45. The van der Waals surface area contributed by atoms with Gasteiger partial charge in [0, 0.05) is 19.6 Å². The van der Waals surface area contributed by atoms with Crippen molar-refractivity contribution in [3.63, 3.8) is 0 Å². The van der Waals surface area contributed by atoms with Crippen LogP contribution in [0.3, 0.4) is 0 Å². The highest BCUT2D eigenvalue weighted by molar-refractivity contribution is 5.85. The minimum atomic E-state index is 0. The molecule has 0 N–H and O–H groups in total. The molecule has 0 atom stereocenters. The van der Waals surface area contributed by atoms with Crippen molar-refractivity contribution >= 4 is 18.5 Å². The number of halogens is 1. The summed E-state index contributed by atoms with van der Waals surface area (Å²) in [5.41, 5.74) is 1.27. The van der Waals surface area contributed by atoms with Crippen LogP contribution in [0.5, 0.6) is 0 Å². The van der Waals surface area contributed by atoms with Crippen LogP contribution in [0.25, 0.3) is 6.08 Å². The quantitative estimate of drug-likeness (QED) is 0.804. The summed E-state index contributed by atoms with van der Waals surface area (Å²) in [6, 6.07) is 10.4. The van der Waals surface area contributed by atoms with Crippen LogP contribution >= 0.6 is 12.4 Å². The van der Waals surface area contributed by atoms with Gasteiger partial charge in [0.25, 0.3) is 0 Å². The van der Waals surface area contributed by atoms with Crippen LogP contribution < -0.4 is 0 Å². The van der Waals surface area contributed by atoms with Crippen molar-refractivity contribution in [2.75, 3.05) is 32.8 Å². The van der Waals surface area contributed by atoms with Gasteiger partial charge >= 0.3 is 0 Å². The fourth-order valence-corrected chi connectivity index (χ4v) is 1.69. The Kier molecular flexibility index (Phi) is 6.16. The fraction of sp³-hybridized carbons (Fsp3) is 0.385. The van der Waals surface area contributed by atoms with Crippen LogP contribution in [0.4, 0.5) is 0 Å². The van der Waals surface area contributed by atoms with Gasteiger partial charge in [-0.05, 0) is 5.56 Å². The Morgan fingerprint density at radius 2 is 1.81 bits per heavy atom. The summed E-state index contributed by atoms with van der Waals surface area (Å²) in [6.07, 6.45) is 4.40. The van der Waals surface area contributed by atoms with Crippen LogP contribution in [0.15, 0.2) is 36.4 Å². The number of hydrogen-bond acceptors (Lipinski definition) is 2. The molecule has 2 rings (SSSR count). The van der Waals surface area contributed by atoms with Gasteiger partial charge in [0.15, 0.2) is 0 Å². The molecule has 3 heteroatoms. The Morgan fingerprint density at radius 3 is 2.50 bits per heavy atom. The molecule has 1 saturated heterocycles. The van der Waals surface area contributed by atoms with E-state index < -0.39 is 0 Å². The van der Waals surface area contributed by atoms with Gasteiger partial charge in [-0.3, -0.25) is 4.90 Å². The molecular formula is C13H18ClNO. The van der Waals surface area contributed by atoms with E-state index in [1.165, 1.54) is 5.56 Å². The van der Waals surface area contributed by atoms with E-state index in [0.717, 1.165) is 32.8 Å². The van der Waals surface area contributed by atoms with Crippen LogP contribution in [0.1, 0.15) is 5.56 Å². The predicted octanol–water partition coefficient (Wildman–Crippen LogP) is 2.45. The van der Waals surface area contributed by atoms with Gasteiger partial charge in [0.2, 0.25) is 0 Å². The maximum atomic E-state index is 5.30. The molecule has 0 spiro atoms. The van der Waals surface area contributed by atoms with Gasteiger partial charge in [-0.25, -0.2) is 0 Å². The van der Waals surface area contributed by atoms with E-state index in [1.54, 1.807) is 0 Å². The minimum Gasteiger partial charge on any atom is -0.379 e. The van der Waals surface area contributed by atoms with E-state index in [4.69, 9.17) is 4.74 Å². The summed E-state index contributed by atoms with van der Waals surface area (Å²) in [5.74, 6) is 0. The van der Waals surface area contributed by atoms with Crippen LogP contribution in [0, 0.1) is 0 Å². The van der Waals surface area contributed by atoms with Crippen molar-refractivity contribution < 1.29 is 4.74 Å². The number of morpholine rings is 1. The molecule has 1 aliphatic heterocycles. The Morgan fingerprint density at radius 1 is 1.12 bits per heavy atom. The van der Waals surface area contributed by atoms with Gasteiger partial charge in [0.1, 0.15) is 0 Å². The molecule has 0 aliphatic carbocycles. The van der Waals surface area contributed by atoms with Crippen molar-refractivity contribution in [2.45, 2.75) is 0 Å². The lowest BCUT2D eigenvalue weighted by atomic mass is 10.2. The van der Waals surface area contributed by atoms with Crippen LogP contribution in [-0.4, -0.2) is 37.7 Å². The molecule has 0 amide bonds. The first kappa shape index (κ1) is 13.2. The Bertz CT molecular complexity index is 307. The third kappa shape index (κ3) is 4.35. The molecule has 0 aromatic heterocycles. The molecule has 0 saturated carbocycles. The third-order valence-electron chi connectivity index (χ3n) is 2.58. The van der Waals surface area contributed by atoms with E-state index in [-0.39, 0.29) is 12.4 Å². The molecule has 0 unspecified atom stereocenters. The van der Waals surface area contributed by atoms with E-state index in [1.807, 2.05) is 6.07 Å². The standard InChI is InChI=1S/C13H17NO.ClH/c1-2-5-13(6-3-1)7-4-8-14-9-11-15-12-10-14;/h1-7H,8-12H2;1H. The summed E-state index contributed by atoms with van der Waals surface area (Å²) < 4.78 is 5.30. The molecule has 1 heterocycles. The summed E-state index contributed by atoms with van der Waals surface area (Å²) in [5, 5.41) is 0. The van der Waals surface area contributed by atoms with Crippen LogP contribution in [-0.2, 0) is 4.74 Å². The summed E-state index contributed by atoms with van der Waals surface area (Å²) >= 11 is 0. The predicted molar refractivity (Wildman–Crippen MR) is 70.0 cm³/mol. The van der Waals surface area contributed by atoms with Gasteiger partial charge in [0.05, 0.1) is 13.2 Å². The third-order valence-corrected chi connectivity index (χ3v) is 2.58. The number of ether oxygens (including phenoxy) is 1. The molecule has 88 valence electrons. The van der Waals surface area contributed by atoms with Crippen molar-refractivity contribution in [3.8, 4) is 0 Å². The first-order valence-electron chi connectivity index (χ1n) is 5.47. The monoisotopic (exact) mass is 239 g/mol. The molecule has 1 fully saturated rings. The molecule has 16 heavy (non-hydrogen) atoms. The molecule has 1 aromatic carbocycles. The fourth-order valence-electron chi connectivity index (χ4n) is 1.69. The maximum absolute atomic E-state index is 5.30. The number of rotatable bonds is 3. The smallest absolute Gasteiger partial charge is 0.0594 e. The van der Waals surface area contributed by atoms with E-state index in [2.05, 4.69) is 41.3 Å². The normalized spacial score (nSPS) is 17.2. The van der Waals surface area contributed by atoms with Gasteiger partial charge in [-0.1, -0.05) is 42.5 Å². The zero-order valence-corrected chi connectivity index (χ0v) is 10.2. The van der Waals surface area contributed by atoms with E-state index in [9.17, 15) is 0 Å². The lowest BCUT2D eigenvalue weighted by Crippen LogP contribution is -2.36. The highest BCUT2D eigenvalue weighted by Crippen LogP contribution is 2.02.